The van der Waals surface area contributed by atoms with Crippen LogP contribution in [0.2, 0.25) is 0 Å². The summed E-state index contributed by atoms with van der Waals surface area (Å²) in [5.41, 5.74) is -0.960. The average molecular weight is 386 g/mol. The Morgan fingerprint density at radius 3 is 2.57 bits per heavy atom. The molecule has 0 bridgehead atoms. The molecule has 0 saturated heterocycles. The van der Waals surface area contributed by atoms with Gasteiger partial charge >= 0.3 is 5.69 Å². The van der Waals surface area contributed by atoms with E-state index >= 15 is 0 Å². The van der Waals surface area contributed by atoms with E-state index < -0.39 is 28.7 Å². The zero-order valence-electron chi connectivity index (χ0n) is 14.6. The number of alkyl halides is 1. The van der Waals surface area contributed by atoms with E-state index in [4.69, 9.17) is 0 Å². The first kappa shape index (κ1) is 18.0. The van der Waals surface area contributed by atoms with Crippen LogP contribution in [0.1, 0.15) is 18.5 Å². The monoisotopic (exact) mass is 386 g/mol. The lowest BCUT2D eigenvalue weighted by atomic mass is 9.65. The van der Waals surface area contributed by atoms with Crippen LogP contribution in [0.3, 0.4) is 0 Å². The van der Waals surface area contributed by atoms with Gasteiger partial charge in [-0.05, 0) is 25.0 Å². The molecule has 144 valence electrons. The van der Waals surface area contributed by atoms with Crippen LogP contribution < -0.4 is 16.6 Å². The van der Waals surface area contributed by atoms with Crippen LogP contribution in [-0.4, -0.2) is 37.6 Å². The molecule has 0 atom stereocenters. The van der Waals surface area contributed by atoms with Gasteiger partial charge in [-0.15, -0.1) is 0 Å². The van der Waals surface area contributed by atoms with Crippen LogP contribution in [0, 0.1) is 5.82 Å². The summed E-state index contributed by atoms with van der Waals surface area (Å²) in [5.74, 6) is -0.209. The Bertz CT molecular complexity index is 1080. The van der Waals surface area contributed by atoms with E-state index in [0.29, 0.717) is 5.56 Å². The molecule has 3 aromatic rings. The number of halogens is 2. The van der Waals surface area contributed by atoms with Gasteiger partial charge in [-0.1, -0.05) is 0 Å². The van der Waals surface area contributed by atoms with E-state index in [1.54, 1.807) is 0 Å². The lowest BCUT2D eigenvalue weighted by molar-refractivity contribution is 0.0963. The van der Waals surface area contributed by atoms with Crippen LogP contribution in [0.15, 0.2) is 46.4 Å². The molecule has 28 heavy (non-hydrogen) atoms. The molecule has 1 saturated carbocycles. The number of pyridine rings is 1. The Hall–Kier alpha value is -3.43. The highest BCUT2D eigenvalue weighted by molar-refractivity contribution is 5.56. The van der Waals surface area contributed by atoms with Crippen LogP contribution in [-0.2, 0) is 5.41 Å². The van der Waals surface area contributed by atoms with E-state index in [0.717, 1.165) is 0 Å². The number of anilines is 1. The lowest BCUT2D eigenvalue weighted by Crippen LogP contribution is -2.49. The van der Waals surface area contributed by atoms with Crippen LogP contribution in [0.5, 0.6) is 0 Å². The van der Waals surface area contributed by atoms with Crippen LogP contribution in [0.25, 0.3) is 11.3 Å². The van der Waals surface area contributed by atoms with E-state index in [9.17, 15) is 18.4 Å². The summed E-state index contributed by atoms with van der Waals surface area (Å²) in [6, 6.07) is 4.03. The number of nitrogens with one attached hydrogen (secondary N) is 3. The van der Waals surface area contributed by atoms with Gasteiger partial charge in [0.2, 0.25) is 5.95 Å². The van der Waals surface area contributed by atoms with E-state index in [2.05, 4.69) is 30.2 Å². The number of aromatic nitrogens is 5. The molecule has 3 aromatic heterocycles. The van der Waals surface area contributed by atoms with Gasteiger partial charge in [0.25, 0.3) is 5.56 Å². The Kier molecular flexibility index (Phi) is 4.46. The molecule has 0 aliphatic heterocycles. The molecule has 0 spiro atoms. The summed E-state index contributed by atoms with van der Waals surface area (Å²) < 4.78 is 27.8. The van der Waals surface area contributed by atoms with Crippen molar-refractivity contribution in [3.8, 4) is 11.3 Å². The second-order valence-corrected chi connectivity index (χ2v) is 6.77. The summed E-state index contributed by atoms with van der Waals surface area (Å²) in [6.07, 6.45) is 3.69. The fraction of sp³-hybridized carbons (Fsp3) is 0.278. The van der Waals surface area contributed by atoms with Crippen LogP contribution in [0.4, 0.5) is 14.7 Å². The summed E-state index contributed by atoms with van der Waals surface area (Å²) in [6.45, 7) is 0.225. The molecule has 3 N–H and O–H groups in total. The number of nitrogens with zero attached hydrogens (tertiary/aromatic N) is 3. The molecule has 8 nitrogen and oxygen atoms in total. The summed E-state index contributed by atoms with van der Waals surface area (Å²) in [7, 11) is 0. The molecule has 4 rings (SSSR count). The van der Waals surface area contributed by atoms with Crippen LogP contribution >= 0.6 is 0 Å². The molecular weight excluding hydrogens is 370 g/mol. The third-order valence-electron chi connectivity index (χ3n) is 4.79. The summed E-state index contributed by atoms with van der Waals surface area (Å²) in [5, 5.41) is 3.00. The van der Waals surface area contributed by atoms with Crippen molar-refractivity contribution in [1.82, 2.24) is 24.9 Å². The normalized spacial score (nSPS) is 21.1. The Morgan fingerprint density at radius 2 is 1.93 bits per heavy atom. The Balaban J connectivity index is 1.52. The second kappa shape index (κ2) is 6.95. The first-order chi connectivity index (χ1) is 13.4. The van der Waals surface area contributed by atoms with Gasteiger partial charge in [0.15, 0.2) is 0 Å². The number of H-pyrrole nitrogens is 2. The minimum absolute atomic E-state index is 0.167. The van der Waals surface area contributed by atoms with Gasteiger partial charge in [0.05, 0.1) is 11.4 Å². The zero-order valence-corrected chi connectivity index (χ0v) is 14.6. The molecule has 0 unspecified atom stereocenters. The second-order valence-electron chi connectivity index (χ2n) is 6.77. The number of rotatable bonds is 5. The van der Waals surface area contributed by atoms with Gasteiger partial charge in [-0.2, -0.15) is 0 Å². The first-order valence-corrected chi connectivity index (χ1v) is 8.60. The Labute approximate surface area is 157 Å². The largest absolute Gasteiger partial charge is 0.353 e. The van der Waals surface area contributed by atoms with Gasteiger partial charge < -0.3 is 10.3 Å². The van der Waals surface area contributed by atoms with Crippen molar-refractivity contribution >= 4 is 5.95 Å². The molecular formula is C18H16F2N6O2. The van der Waals surface area contributed by atoms with Gasteiger partial charge in [0.1, 0.15) is 12.0 Å². The Morgan fingerprint density at radius 1 is 1.18 bits per heavy atom. The number of hydrogen-bond acceptors (Lipinski definition) is 6. The summed E-state index contributed by atoms with van der Waals surface area (Å²) >= 11 is 0. The van der Waals surface area contributed by atoms with E-state index in [1.807, 2.05) is 0 Å². The van der Waals surface area contributed by atoms with Crippen molar-refractivity contribution in [2.24, 2.45) is 0 Å². The lowest BCUT2D eigenvalue weighted by Gasteiger charge is -2.43. The predicted molar refractivity (Wildman–Crippen MR) is 97.2 cm³/mol. The highest BCUT2D eigenvalue weighted by atomic mass is 19.1. The molecule has 0 aromatic carbocycles. The maximum absolute atomic E-state index is 14.2. The van der Waals surface area contributed by atoms with Crippen molar-refractivity contribution in [1.29, 1.82) is 0 Å². The smallest absolute Gasteiger partial charge is 0.326 e. The zero-order chi connectivity index (χ0) is 19.7. The molecule has 1 aliphatic rings. The van der Waals surface area contributed by atoms with Gasteiger partial charge in [-0.25, -0.2) is 23.5 Å². The third-order valence-corrected chi connectivity index (χ3v) is 4.79. The fourth-order valence-electron chi connectivity index (χ4n) is 3.42. The topological polar surface area (TPSA) is 116 Å². The van der Waals surface area contributed by atoms with E-state index in [1.165, 1.54) is 36.8 Å². The van der Waals surface area contributed by atoms with E-state index in [-0.39, 0.29) is 36.7 Å². The standard InChI is InChI=1S/C18H16F2N6O2/c19-11-5-18(6-11,15-12(20)2-1-3-21-15)9-24-16-22-7-10(8-23-16)13-4-14(27)26-17(28)25-13/h1-4,7-8,11H,5-6,9H2,(H,22,23,24)(H2,25,26,27,28)/t11-,18-. The van der Waals surface area contributed by atoms with Gasteiger partial charge in [-0.3, -0.25) is 14.8 Å². The quantitative estimate of drug-likeness (QED) is 0.612. The highest BCUT2D eigenvalue weighted by Crippen LogP contribution is 2.45. The highest BCUT2D eigenvalue weighted by Gasteiger charge is 2.48. The SMILES string of the molecule is O=c1cc(-c2cnc(NC[C@]3(c4ncccc4F)C[C@H](F)C3)nc2)[nH]c(=O)[nH]1. The third kappa shape index (κ3) is 3.40. The van der Waals surface area contributed by atoms with Crippen molar-refractivity contribution < 1.29 is 8.78 Å². The maximum atomic E-state index is 14.2. The molecule has 1 fully saturated rings. The number of aromatic amines is 2. The minimum Gasteiger partial charge on any atom is -0.353 e. The maximum Gasteiger partial charge on any atom is 0.326 e. The average Bonchev–Trinajstić information content (AvgIpc) is 2.64. The number of hydrogen-bond donors (Lipinski definition) is 3. The molecule has 0 radical (unpaired) electrons. The summed E-state index contributed by atoms with van der Waals surface area (Å²) in [4.78, 5) is 39.7. The molecule has 0 amide bonds. The molecule has 3 heterocycles. The molecule has 10 heteroatoms. The van der Waals surface area contributed by atoms with Crippen molar-refractivity contribution in [3.05, 3.63) is 69.1 Å². The molecule has 1 aliphatic carbocycles. The van der Waals surface area contributed by atoms with Crippen molar-refractivity contribution in [3.63, 3.8) is 0 Å². The minimum atomic E-state index is -1.00. The fourth-order valence-corrected chi connectivity index (χ4v) is 3.42. The first-order valence-electron chi connectivity index (χ1n) is 8.60. The van der Waals surface area contributed by atoms with Crippen molar-refractivity contribution in [2.75, 3.05) is 11.9 Å². The van der Waals surface area contributed by atoms with Crippen molar-refractivity contribution in [2.45, 2.75) is 24.4 Å². The predicted octanol–water partition coefficient (Wildman–Crippen LogP) is 1.54. The van der Waals surface area contributed by atoms with Gasteiger partial charge in [0, 0.05) is 42.2 Å².